The Morgan fingerprint density at radius 3 is 2.85 bits per heavy atom. The Hall–Kier alpha value is -2.82. The van der Waals surface area contributed by atoms with Crippen molar-refractivity contribution in [1.29, 1.82) is 0 Å². The van der Waals surface area contributed by atoms with E-state index in [1.54, 1.807) is 0 Å². The molecular formula is C18H13Cl2FN4O2. The van der Waals surface area contributed by atoms with Gasteiger partial charge in [0, 0.05) is 23.9 Å². The molecule has 0 unspecified atom stereocenters. The quantitative estimate of drug-likeness (QED) is 0.764. The number of carbonyl (C=O) groups excluding carboxylic acids is 1. The summed E-state index contributed by atoms with van der Waals surface area (Å²) in [5.41, 5.74) is 4.66. The predicted octanol–water partition coefficient (Wildman–Crippen LogP) is 3.34. The molecule has 1 aliphatic rings. The Labute approximate surface area is 164 Å². The second kappa shape index (κ2) is 7.43. The fourth-order valence-corrected chi connectivity index (χ4v) is 3.11. The molecule has 1 atom stereocenters. The number of pyridine rings is 1. The third-order valence-corrected chi connectivity index (χ3v) is 4.44. The van der Waals surface area contributed by atoms with Crippen molar-refractivity contribution in [2.24, 2.45) is 10.7 Å². The number of nitrogens with zero attached hydrogens (tertiary/aromatic N) is 2. The van der Waals surface area contributed by atoms with E-state index in [0.29, 0.717) is 10.7 Å². The van der Waals surface area contributed by atoms with Crippen LogP contribution in [0.3, 0.4) is 0 Å². The van der Waals surface area contributed by atoms with Gasteiger partial charge in [0.1, 0.15) is 11.5 Å². The van der Waals surface area contributed by atoms with E-state index in [-0.39, 0.29) is 35.3 Å². The van der Waals surface area contributed by atoms with Gasteiger partial charge in [-0.25, -0.2) is 14.4 Å². The van der Waals surface area contributed by atoms with Gasteiger partial charge < -0.3 is 15.8 Å². The molecule has 3 N–H and O–H groups in total. The molecule has 0 saturated carbocycles. The minimum atomic E-state index is -1.32. The van der Waals surface area contributed by atoms with Crippen LogP contribution in [0, 0.1) is 18.2 Å². The molecule has 0 spiro atoms. The summed E-state index contributed by atoms with van der Waals surface area (Å²) in [6.07, 6.45) is 7.15. The summed E-state index contributed by atoms with van der Waals surface area (Å²) in [6.45, 7) is 0.194. The van der Waals surface area contributed by atoms with Crippen LogP contribution < -0.4 is 11.1 Å². The molecule has 3 rings (SSSR count). The standard InChI is InChI=1S/C18H13Cl2FN4O2/c1-2-18(5-6-27-17(22)25-18)12-8-11(3-4-14(12)21)24-16(26)15-13(20)7-10(19)9-23-15/h1,3-4,7-9H,5-6H2,(H2,22,25)(H,24,26)/t18-/m0/s1. The van der Waals surface area contributed by atoms with Crippen molar-refractivity contribution in [3.05, 3.63) is 57.6 Å². The second-order valence-corrected chi connectivity index (χ2v) is 6.53. The summed E-state index contributed by atoms with van der Waals surface area (Å²) in [7, 11) is 0. The zero-order chi connectivity index (χ0) is 19.6. The Bertz CT molecular complexity index is 990. The maximum Gasteiger partial charge on any atom is 0.283 e. The average Bonchev–Trinajstić information content (AvgIpc) is 2.63. The van der Waals surface area contributed by atoms with Crippen LogP contribution in [0.15, 0.2) is 35.5 Å². The van der Waals surface area contributed by atoms with Crippen molar-refractivity contribution in [2.45, 2.75) is 12.0 Å². The van der Waals surface area contributed by atoms with E-state index in [9.17, 15) is 9.18 Å². The molecule has 0 fully saturated rings. The first-order valence-electron chi connectivity index (χ1n) is 7.73. The first kappa shape index (κ1) is 19.0. The van der Waals surface area contributed by atoms with Gasteiger partial charge in [0.15, 0.2) is 5.54 Å². The van der Waals surface area contributed by atoms with Crippen molar-refractivity contribution in [3.8, 4) is 12.3 Å². The van der Waals surface area contributed by atoms with Crippen molar-refractivity contribution < 1.29 is 13.9 Å². The minimum absolute atomic E-state index is 0.0214. The van der Waals surface area contributed by atoms with Gasteiger partial charge >= 0.3 is 0 Å². The largest absolute Gasteiger partial charge is 0.465 e. The number of aromatic nitrogens is 1. The van der Waals surface area contributed by atoms with Crippen LogP contribution >= 0.6 is 23.2 Å². The molecule has 0 radical (unpaired) electrons. The molecule has 2 aromatic rings. The molecule has 6 nitrogen and oxygen atoms in total. The molecule has 2 heterocycles. The van der Waals surface area contributed by atoms with Gasteiger partial charge in [-0.15, -0.1) is 6.42 Å². The zero-order valence-corrected chi connectivity index (χ0v) is 15.3. The number of amidine groups is 1. The highest BCUT2D eigenvalue weighted by atomic mass is 35.5. The number of aliphatic imine (C=N–C) groups is 1. The summed E-state index contributed by atoms with van der Waals surface area (Å²) < 4.78 is 19.6. The summed E-state index contributed by atoms with van der Waals surface area (Å²) in [5, 5.41) is 2.99. The lowest BCUT2D eigenvalue weighted by molar-refractivity contribution is 0.102. The highest BCUT2D eigenvalue weighted by Gasteiger charge is 2.36. The fraction of sp³-hybridized carbons (Fsp3) is 0.167. The van der Waals surface area contributed by atoms with E-state index >= 15 is 0 Å². The summed E-state index contributed by atoms with van der Waals surface area (Å²) >= 11 is 11.8. The van der Waals surface area contributed by atoms with Crippen molar-refractivity contribution in [3.63, 3.8) is 0 Å². The second-order valence-electron chi connectivity index (χ2n) is 5.69. The average molecular weight is 407 g/mol. The molecule has 1 amide bonds. The van der Waals surface area contributed by atoms with E-state index in [1.165, 1.54) is 30.5 Å². The number of terminal acetylenes is 1. The Kier molecular flexibility index (Phi) is 5.22. The third kappa shape index (κ3) is 3.82. The van der Waals surface area contributed by atoms with Gasteiger partial charge in [-0.3, -0.25) is 4.79 Å². The molecule has 0 bridgehead atoms. The maximum atomic E-state index is 14.5. The number of nitrogens with one attached hydrogen (secondary N) is 1. The summed E-state index contributed by atoms with van der Waals surface area (Å²) in [4.78, 5) is 20.4. The number of ether oxygens (including phenoxy) is 1. The van der Waals surface area contributed by atoms with Gasteiger partial charge in [0.05, 0.1) is 16.7 Å². The smallest absolute Gasteiger partial charge is 0.283 e. The molecular weight excluding hydrogens is 394 g/mol. The maximum absolute atomic E-state index is 14.5. The normalized spacial score (nSPS) is 18.8. The number of benzene rings is 1. The van der Waals surface area contributed by atoms with Crippen LogP contribution in [-0.4, -0.2) is 23.5 Å². The van der Waals surface area contributed by atoms with Crippen molar-refractivity contribution in [2.75, 3.05) is 11.9 Å². The van der Waals surface area contributed by atoms with Crippen molar-refractivity contribution >= 4 is 40.8 Å². The number of hydrogen-bond donors (Lipinski definition) is 2. The molecule has 1 aromatic carbocycles. The number of rotatable bonds is 3. The topological polar surface area (TPSA) is 89.6 Å². The molecule has 1 aromatic heterocycles. The summed E-state index contributed by atoms with van der Waals surface area (Å²) in [5.74, 6) is 1.32. The van der Waals surface area contributed by atoms with E-state index in [0.717, 1.165) is 0 Å². The Balaban J connectivity index is 1.95. The molecule has 27 heavy (non-hydrogen) atoms. The SMILES string of the molecule is C#C[C@@]1(c2cc(NC(=O)c3ncc(Cl)cc3Cl)ccc2F)CCOC(N)=N1. The molecule has 0 saturated heterocycles. The minimum Gasteiger partial charge on any atom is -0.465 e. The zero-order valence-electron chi connectivity index (χ0n) is 13.8. The lowest BCUT2D eigenvalue weighted by atomic mass is 9.87. The number of nitrogens with two attached hydrogens (primary N) is 1. The Morgan fingerprint density at radius 1 is 1.41 bits per heavy atom. The van der Waals surface area contributed by atoms with E-state index in [1.807, 2.05) is 0 Å². The number of anilines is 1. The number of hydrogen-bond acceptors (Lipinski definition) is 5. The van der Waals surface area contributed by atoms with Gasteiger partial charge in [-0.1, -0.05) is 29.1 Å². The van der Waals surface area contributed by atoms with Crippen molar-refractivity contribution in [1.82, 2.24) is 4.98 Å². The van der Waals surface area contributed by atoms with Crippen LogP contribution in [-0.2, 0) is 10.3 Å². The summed E-state index contributed by atoms with van der Waals surface area (Å²) in [6, 6.07) is 5.25. The van der Waals surface area contributed by atoms with Gasteiger partial charge in [0.25, 0.3) is 11.9 Å². The predicted molar refractivity (Wildman–Crippen MR) is 101 cm³/mol. The number of amides is 1. The van der Waals surface area contributed by atoms with E-state index in [4.69, 9.17) is 40.1 Å². The van der Waals surface area contributed by atoms with Crippen LogP contribution in [0.25, 0.3) is 0 Å². The molecule has 1 aliphatic heterocycles. The van der Waals surface area contributed by atoms with Crippen LogP contribution in [0.2, 0.25) is 10.0 Å². The van der Waals surface area contributed by atoms with Gasteiger partial charge in [0.2, 0.25) is 0 Å². The highest BCUT2D eigenvalue weighted by Crippen LogP contribution is 2.35. The number of carbonyl (C=O) groups is 1. The van der Waals surface area contributed by atoms with Crippen LogP contribution in [0.5, 0.6) is 0 Å². The highest BCUT2D eigenvalue weighted by molar-refractivity contribution is 6.36. The fourth-order valence-electron chi connectivity index (χ4n) is 2.65. The van der Waals surface area contributed by atoms with E-state index < -0.39 is 17.3 Å². The molecule has 0 aliphatic carbocycles. The first-order valence-corrected chi connectivity index (χ1v) is 8.48. The lowest BCUT2D eigenvalue weighted by Gasteiger charge is -2.29. The number of halogens is 3. The van der Waals surface area contributed by atoms with E-state index in [2.05, 4.69) is 21.2 Å². The Morgan fingerprint density at radius 2 is 2.19 bits per heavy atom. The van der Waals surface area contributed by atoms with Gasteiger partial charge in [-0.2, -0.15) is 0 Å². The lowest BCUT2D eigenvalue weighted by Crippen LogP contribution is -2.35. The first-order chi connectivity index (χ1) is 12.8. The monoisotopic (exact) mass is 406 g/mol. The van der Waals surface area contributed by atoms with Crippen LogP contribution in [0.4, 0.5) is 10.1 Å². The van der Waals surface area contributed by atoms with Gasteiger partial charge in [-0.05, 0) is 24.3 Å². The molecule has 9 heteroatoms. The molecule has 138 valence electrons. The third-order valence-electron chi connectivity index (χ3n) is 3.95. The van der Waals surface area contributed by atoms with Crippen LogP contribution in [0.1, 0.15) is 22.5 Å².